The molecule has 176 valence electrons. The van der Waals surface area contributed by atoms with Crippen LogP contribution in [0.3, 0.4) is 0 Å². The molecule has 0 aliphatic carbocycles. The maximum atomic E-state index is 14.7. The summed E-state index contributed by atoms with van der Waals surface area (Å²) in [6.07, 6.45) is 1.64. The molecule has 6 heteroatoms. The Bertz CT molecular complexity index is 1380. The maximum Gasteiger partial charge on any atom is 0.346 e. The first-order valence-electron chi connectivity index (χ1n) is 10.9. The van der Waals surface area contributed by atoms with E-state index in [0.29, 0.717) is 29.0 Å². The summed E-state index contributed by atoms with van der Waals surface area (Å²) in [5, 5.41) is 0. The number of ether oxygens (including phenoxy) is 2. The van der Waals surface area contributed by atoms with Crippen LogP contribution in [0.4, 0.5) is 13.2 Å². The molecule has 0 spiro atoms. The lowest BCUT2D eigenvalue weighted by Gasteiger charge is -2.10. The second-order valence-corrected chi connectivity index (χ2v) is 7.60. The van der Waals surface area contributed by atoms with Gasteiger partial charge in [-0.3, -0.25) is 0 Å². The van der Waals surface area contributed by atoms with Gasteiger partial charge in [0.2, 0.25) is 0 Å². The molecule has 0 heterocycles. The normalized spacial score (nSPS) is 10.6. The van der Waals surface area contributed by atoms with Crippen molar-refractivity contribution < 1.29 is 27.4 Å². The molecule has 35 heavy (non-hydrogen) atoms. The summed E-state index contributed by atoms with van der Waals surface area (Å²) in [6, 6.07) is 19.8. The van der Waals surface area contributed by atoms with Crippen LogP contribution in [0.25, 0.3) is 28.3 Å². The fourth-order valence-electron chi connectivity index (χ4n) is 3.58. The first-order chi connectivity index (χ1) is 16.9. The van der Waals surface area contributed by atoms with Gasteiger partial charge in [-0.25, -0.2) is 18.0 Å². The van der Waals surface area contributed by atoms with Gasteiger partial charge in [0.05, 0.1) is 12.2 Å². The zero-order valence-corrected chi connectivity index (χ0v) is 18.9. The highest BCUT2D eigenvalue weighted by atomic mass is 19.2. The minimum atomic E-state index is -1.30. The number of hydrogen-bond donors (Lipinski definition) is 0. The van der Waals surface area contributed by atoms with Crippen LogP contribution in [0.1, 0.15) is 22.8 Å². The average molecular weight is 474 g/mol. The first kappa shape index (κ1) is 23.8. The number of halogens is 3. The number of hydrogen-bond acceptors (Lipinski definition) is 3. The predicted octanol–water partition coefficient (Wildman–Crippen LogP) is 7.70. The van der Waals surface area contributed by atoms with Crippen molar-refractivity contribution in [3.63, 3.8) is 0 Å². The molecule has 0 saturated carbocycles. The van der Waals surface area contributed by atoms with Gasteiger partial charge >= 0.3 is 5.97 Å². The highest BCUT2D eigenvalue weighted by molar-refractivity contribution is 5.92. The van der Waals surface area contributed by atoms with Gasteiger partial charge in [0.1, 0.15) is 17.3 Å². The van der Waals surface area contributed by atoms with Gasteiger partial charge in [0.15, 0.2) is 11.6 Å². The minimum absolute atomic E-state index is 0.0244. The number of carbonyl (C=O) groups excluding carboxylic acids is 1. The van der Waals surface area contributed by atoms with Gasteiger partial charge in [-0.05, 0) is 53.9 Å². The number of carbonyl (C=O) groups is 1. The molecule has 4 aromatic rings. The molecule has 4 aromatic carbocycles. The molecule has 4 rings (SSSR count). The van der Waals surface area contributed by atoms with Gasteiger partial charge < -0.3 is 9.47 Å². The van der Waals surface area contributed by atoms with Gasteiger partial charge in [-0.1, -0.05) is 55.1 Å². The molecule has 0 saturated heterocycles. The smallest absolute Gasteiger partial charge is 0.346 e. The van der Waals surface area contributed by atoms with E-state index in [9.17, 15) is 18.0 Å². The molecule has 0 N–H and O–H groups in total. The molecule has 0 atom stereocenters. The van der Waals surface area contributed by atoms with E-state index in [0.717, 1.165) is 5.56 Å². The van der Waals surface area contributed by atoms with Gasteiger partial charge in [-0.15, -0.1) is 0 Å². The Labute approximate surface area is 201 Å². The second-order valence-electron chi connectivity index (χ2n) is 7.60. The molecule has 0 aliphatic rings. The minimum Gasteiger partial charge on any atom is -0.494 e. The van der Waals surface area contributed by atoms with Crippen molar-refractivity contribution in [2.45, 2.75) is 6.92 Å². The molecule has 0 bridgehead atoms. The Morgan fingerprint density at radius 1 is 0.800 bits per heavy atom. The monoisotopic (exact) mass is 474 g/mol. The van der Waals surface area contributed by atoms with E-state index in [1.165, 1.54) is 30.3 Å². The van der Waals surface area contributed by atoms with Crippen LogP contribution < -0.4 is 9.47 Å². The van der Waals surface area contributed by atoms with E-state index < -0.39 is 29.0 Å². The Balaban J connectivity index is 1.51. The van der Waals surface area contributed by atoms with Crippen molar-refractivity contribution in [3.05, 3.63) is 114 Å². The van der Waals surface area contributed by atoms with E-state index in [2.05, 4.69) is 6.58 Å². The van der Waals surface area contributed by atoms with E-state index in [4.69, 9.17) is 9.47 Å². The van der Waals surface area contributed by atoms with Gasteiger partial charge in [-0.2, -0.15) is 0 Å². The molecule has 0 aromatic heterocycles. The largest absolute Gasteiger partial charge is 0.494 e. The van der Waals surface area contributed by atoms with Crippen LogP contribution in [0.15, 0.2) is 85.4 Å². The van der Waals surface area contributed by atoms with E-state index >= 15 is 0 Å². The Kier molecular flexibility index (Phi) is 7.01. The standard InChI is InChI=1S/C29H21F3O3/c1-3-18-5-7-20(8-6-18)24-15-16-25(28(32)27(24)31)29(33)35-21-11-9-19(10-12-21)23-14-13-22(34-4-2)17-26(23)30/h3,5-17H,1,4H2,2H3. The third-order valence-electron chi connectivity index (χ3n) is 5.39. The molecule has 3 nitrogen and oxygen atoms in total. The molecular weight excluding hydrogens is 453 g/mol. The zero-order chi connectivity index (χ0) is 24.9. The Morgan fingerprint density at radius 2 is 1.40 bits per heavy atom. The van der Waals surface area contributed by atoms with Gasteiger partial charge in [0.25, 0.3) is 0 Å². The Hall–Kier alpha value is -4.32. The number of esters is 1. The van der Waals surface area contributed by atoms with Crippen LogP contribution in [-0.2, 0) is 0 Å². The van der Waals surface area contributed by atoms with Crippen LogP contribution in [0.5, 0.6) is 11.5 Å². The van der Waals surface area contributed by atoms with Crippen molar-refractivity contribution in [2.75, 3.05) is 6.61 Å². The third-order valence-corrected chi connectivity index (χ3v) is 5.39. The van der Waals surface area contributed by atoms with Crippen molar-refractivity contribution >= 4 is 12.0 Å². The van der Waals surface area contributed by atoms with E-state index in [1.54, 1.807) is 54.6 Å². The first-order valence-corrected chi connectivity index (χ1v) is 10.9. The summed E-state index contributed by atoms with van der Waals surface area (Å²) < 4.78 is 54.4. The lowest BCUT2D eigenvalue weighted by Crippen LogP contribution is -2.12. The van der Waals surface area contributed by atoms with Crippen molar-refractivity contribution in [3.8, 4) is 33.8 Å². The van der Waals surface area contributed by atoms with Gasteiger partial charge in [0, 0.05) is 17.2 Å². The SMILES string of the molecule is C=Cc1ccc(-c2ccc(C(=O)Oc3ccc(-c4ccc(OCC)cc4F)cc3)c(F)c2F)cc1. The Morgan fingerprint density at radius 3 is 2.03 bits per heavy atom. The fraction of sp³-hybridized carbons (Fsp3) is 0.0690. The summed E-state index contributed by atoms with van der Waals surface area (Å²) >= 11 is 0. The zero-order valence-electron chi connectivity index (χ0n) is 18.9. The predicted molar refractivity (Wildman–Crippen MR) is 130 cm³/mol. The molecule has 0 aliphatic heterocycles. The molecule has 0 amide bonds. The average Bonchev–Trinajstić information content (AvgIpc) is 2.87. The van der Waals surface area contributed by atoms with Crippen molar-refractivity contribution in [1.29, 1.82) is 0 Å². The van der Waals surface area contributed by atoms with Crippen LogP contribution in [0.2, 0.25) is 0 Å². The van der Waals surface area contributed by atoms with E-state index in [-0.39, 0.29) is 11.3 Å². The number of benzene rings is 4. The van der Waals surface area contributed by atoms with E-state index in [1.807, 2.05) is 6.92 Å². The highest BCUT2D eigenvalue weighted by Crippen LogP contribution is 2.30. The summed E-state index contributed by atoms with van der Waals surface area (Å²) in [5.41, 5.74) is 1.69. The molecule has 0 fully saturated rings. The second kappa shape index (κ2) is 10.3. The topological polar surface area (TPSA) is 35.5 Å². The lowest BCUT2D eigenvalue weighted by atomic mass is 10.0. The quantitative estimate of drug-likeness (QED) is 0.203. The molecular formula is C29H21F3O3. The maximum absolute atomic E-state index is 14.7. The molecule has 0 radical (unpaired) electrons. The third kappa shape index (κ3) is 5.11. The molecule has 0 unspecified atom stereocenters. The van der Waals surface area contributed by atoms with Crippen LogP contribution in [0, 0.1) is 17.5 Å². The van der Waals surface area contributed by atoms with Crippen LogP contribution >= 0.6 is 0 Å². The summed E-state index contributed by atoms with van der Waals surface area (Å²) in [5.74, 6) is -3.42. The van der Waals surface area contributed by atoms with Crippen molar-refractivity contribution in [2.24, 2.45) is 0 Å². The van der Waals surface area contributed by atoms with Crippen LogP contribution in [-0.4, -0.2) is 12.6 Å². The summed E-state index contributed by atoms with van der Waals surface area (Å²) in [4.78, 5) is 12.5. The summed E-state index contributed by atoms with van der Waals surface area (Å²) in [7, 11) is 0. The summed E-state index contributed by atoms with van der Waals surface area (Å²) in [6.45, 7) is 5.89. The highest BCUT2D eigenvalue weighted by Gasteiger charge is 2.21. The number of rotatable bonds is 7. The fourth-order valence-corrected chi connectivity index (χ4v) is 3.58. The lowest BCUT2D eigenvalue weighted by molar-refractivity contribution is 0.0728. The van der Waals surface area contributed by atoms with Crippen molar-refractivity contribution in [1.82, 2.24) is 0 Å².